The summed E-state index contributed by atoms with van der Waals surface area (Å²) >= 11 is 0. The molecule has 6 heteroatoms. The van der Waals surface area contributed by atoms with Crippen molar-refractivity contribution in [2.24, 2.45) is 0 Å². The van der Waals surface area contributed by atoms with Gasteiger partial charge in [-0.05, 0) is 31.7 Å². The second-order valence-corrected chi connectivity index (χ2v) is 6.46. The van der Waals surface area contributed by atoms with Gasteiger partial charge in [0.2, 0.25) is 0 Å². The van der Waals surface area contributed by atoms with Crippen molar-refractivity contribution in [1.82, 2.24) is 19.4 Å². The highest BCUT2D eigenvalue weighted by Gasteiger charge is 2.09. The van der Waals surface area contributed by atoms with E-state index in [0.29, 0.717) is 11.4 Å². The van der Waals surface area contributed by atoms with Crippen LogP contribution in [-0.2, 0) is 13.1 Å². The third-order valence-electron chi connectivity index (χ3n) is 4.22. The van der Waals surface area contributed by atoms with Gasteiger partial charge in [0.25, 0.3) is 0 Å². The average Bonchev–Trinajstić information content (AvgIpc) is 3.11. The fourth-order valence-corrected chi connectivity index (χ4v) is 2.69. The van der Waals surface area contributed by atoms with Crippen molar-refractivity contribution >= 4 is 5.97 Å². The molecule has 3 aromatic rings. The minimum absolute atomic E-state index is 0.211. The molecule has 1 aromatic carbocycles. The molecular weight excluding hydrogens is 328 g/mol. The lowest BCUT2D eigenvalue weighted by molar-refractivity contribution is 0.0697. The van der Waals surface area contributed by atoms with Crippen LogP contribution in [0.25, 0.3) is 11.4 Å². The molecule has 0 saturated carbocycles. The van der Waals surface area contributed by atoms with Crippen molar-refractivity contribution in [2.75, 3.05) is 13.6 Å². The third-order valence-corrected chi connectivity index (χ3v) is 4.22. The number of hydrogen-bond acceptors (Lipinski definition) is 4. The number of aromatic nitrogens is 3. The first kappa shape index (κ1) is 17.8. The van der Waals surface area contributed by atoms with Gasteiger partial charge in [-0.2, -0.15) is 0 Å². The highest BCUT2D eigenvalue weighted by molar-refractivity contribution is 5.88. The molecule has 0 spiro atoms. The normalized spacial score (nSPS) is 11.0. The van der Waals surface area contributed by atoms with E-state index in [2.05, 4.69) is 53.1 Å². The van der Waals surface area contributed by atoms with Gasteiger partial charge in [0.15, 0.2) is 0 Å². The van der Waals surface area contributed by atoms with Crippen LogP contribution in [0.5, 0.6) is 0 Å². The van der Waals surface area contributed by atoms with E-state index < -0.39 is 5.97 Å². The van der Waals surface area contributed by atoms with Crippen LogP contribution in [0.2, 0.25) is 0 Å². The summed E-state index contributed by atoms with van der Waals surface area (Å²) in [6.07, 6.45) is 5.14. The Morgan fingerprint density at radius 3 is 2.65 bits per heavy atom. The summed E-state index contributed by atoms with van der Waals surface area (Å²) in [5, 5.41) is 9.08. The van der Waals surface area contributed by atoms with Crippen molar-refractivity contribution in [3.8, 4) is 11.4 Å². The van der Waals surface area contributed by atoms with Crippen molar-refractivity contribution < 1.29 is 9.90 Å². The lowest BCUT2D eigenvalue weighted by Gasteiger charge is -2.17. The maximum atomic E-state index is 11.1. The number of pyridine rings is 1. The monoisotopic (exact) mass is 350 g/mol. The number of aromatic carboxylic acids is 1. The molecule has 0 bridgehead atoms. The number of hydrogen-bond donors (Lipinski definition) is 1. The van der Waals surface area contributed by atoms with Crippen LogP contribution in [0.3, 0.4) is 0 Å². The second-order valence-electron chi connectivity index (χ2n) is 6.46. The molecule has 6 nitrogen and oxygen atoms in total. The number of likely N-dealkylation sites (N-methyl/N-ethyl adjacent to an activating group) is 1. The molecule has 1 N–H and O–H groups in total. The fourth-order valence-electron chi connectivity index (χ4n) is 2.69. The number of nitrogens with zero attached hydrogens (tertiary/aromatic N) is 4. The number of carboxylic acid groups (broad SMARTS) is 1. The van der Waals surface area contributed by atoms with Gasteiger partial charge in [-0.3, -0.25) is 4.98 Å². The van der Waals surface area contributed by atoms with E-state index in [0.717, 1.165) is 19.6 Å². The predicted molar refractivity (Wildman–Crippen MR) is 99.9 cm³/mol. The Morgan fingerprint density at radius 1 is 1.15 bits per heavy atom. The zero-order valence-corrected chi connectivity index (χ0v) is 15.0. The lowest BCUT2D eigenvalue weighted by Crippen LogP contribution is -2.22. The van der Waals surface area contributed by atoms with Crippen LogP contribution in [0.1, 0.15) is 21.5 Å². The summed E-state index contributed by atoms with van der Waals surface area (Å²) in [5.74, 6) is -0.967. The molecule has 0 atom stereocenters. The molecule has 0 saturated heterocycles. The Hall–Kier alpha value is -2.99. The molecule has 2 aromatic heterocycles. The molecule has 0 amide bonds. The Labute approximate surface area is 152 Å². The molecule has 0 aliphatic rings. The SMILES string of the molecule is Cc1ccc(CN(C)CCn2cnc(-c3cc(C(=O)O)ccn3)c2)cc1. The maximum absolute atomic E-state index is 11.1. The first-order valence-corrected chi connectivity index (χ1v) is 8.47. The largest absolute Gasteiger partial charge is 0.478 e. The standard InChI is InChI=1S/C20H22N4O2/c1-15-3-5-16(6-4-15)12-23(2)9-10-24-13-19(22-14-24)18-11-17(20(25)26)7-8-21-18/h3-8,11,13-14H,9-10,12H2,1-2H3,(H,25,26). The van der Waals surface area contributed by atoms with Crippen LogP contribution in [-0.4, -0.2) is 44.1 Å². The summed E-state index contributed by atoms with van der Waals surface area (Å²) in [5.41, 5.74) is 4.01. The van der Waals surface area contributed by atoms with Gasteiger partial charge in [-0.25, -0.2) is 9.78 Å². The first-order valence-electron chi connectivity index (χ1n) is 8.47. The minimum Gasteiger partial charge on any atom is -0.478 e. The van der Waals surface area contributed by atoms with Crippen molar-refractivity contribution in [3.05, 3.63) is 71.8 Å². The van der Waals surface area contributed by atoms with Gasteiger partial charge in [-0.1, -0.05) is 29.8 Å². The second kappa shape index (κ2) is 7.93. The summed E-state index contributed by atoms with van der Waals surface area (Å²) in [7, 11) is 2.09. The predicted octanol–water partition coefficient (Wildman–Crippen LogP) is 3.08. The maximum Gasteiger partial charge on any atom is 0.335 e. The third kappa shape index (κ3) is 4.55. The van der Waals surface area contributed by atoms with Crippen molar-refractivity contribution in [1.29, 1.82) is 0 Å². The van der Waals surface area contributed by atoms with Crippen LogP contribution in [0, 0.1) is 6.92 Å². The van der Waals surface area contributed by atoms with Crippen molar-refractivity contribution in [2.45, 2.75) is 20.0 Å². The zero-order valence-electron chi connectivity index (χ0n) is 15.0. The molecular formula is C20H22N4O2. The van der Waals surface area contributed by atoms with Crippen LogP contribution < -0.4 is 0 Å². The van der Waals surface area contributed by atoms with E-state index in [4.69, 9.17) is 5.11 Å². The number of benzene rings is 1. The fraction of sp³-hybridized carbons (Fsp3) is 0.250. The Morgan fingerprint density at radius 2 is 1.92 bits per heavy atom. The molecule has 0 unspecified atom stereocenters. The van der Waals surface area contributed by atoms with Crippen LogP contribution >= 0.6 is 0 Å². The smallest absolute Gasteiger partial charge is 0.335 e. The van der Waals surface area contributed by atoms with Gasteiger partial charge in [0, 0.05) is 32.0 Å². The van der Waals surface area contributed by atoms with Gasteiger partial charge in [0.1, 0.15) is 5.69 Å². The van der Waals surface area contributed by atoms with Gasteiger partial charge < -0.3 is 14.6 Å². The van der Waals surface area contributed by atoms with Gasteiger partial charge in [-0.15, -0.1) is 0 Å². The van der Waals surface area contributed by atoms with E-state index in [1.807, 2.05) is 10.8 Å². The van der Waals surface area contributed by atoms with E-state index >= 15 is 0 Å². The first-order chi connectivity index (χ1) is 12.5. The molecule has 2 heterocycles. The minimum atomic E-state index is -0.967. The van der Waals surface area contributed by atoms with Crippen LogP contribution in [0.4, 0.5) is 0 Å². The quantitative estimate of drug-likeness (QED) is 0.709. The van der Waals surface area contributed by atoms with Crippen LogP contribution in [0.15, 0.2) is 55.1 Å². The summed E-state index contributed by atoms with van der Waals surface area (Å²) in [6.45, 7) is 4.66. The molecule has 3 rings (SSSR count). The molecule has 0 fully saturated rings. The Bertz CT molecular complexity index is 887. The molecule has 0 aliphatic heterocycles. The molecule has 0 aliphatic carbocycles. The van der Waals surface area contributed by atoms with E-state index in [-0.39, 0.29) is 5.56 Å². The zero-order chi connectivity index (χ0) is 18.5. The number of aryl methyl sites for hydroxylation is 1. The number of rotatable bonds is 7. The summed E-state index contributed by atoms with van der Waals surface area (Å²) < 4.78 is 2.00. The molecule has 26 heavy (non-hydrogen) atoms. The number of carboxylic acids is 1. The van der Waals surface area contributed by atoms with Crippen molar-refractivity contribution in [3.63, 3.8) is 0 Å². The van der Waals surface area contributed by atoms with Gasteiger partial charge in [0.05, 0.1) is 17.6 Å². The van der Waals surface area contributed by atoms with Gasteiger partial charge >= 0.3 is 5.97 Å². The molecule has 0 radical (unpaired) electrons. The van der Waals surface area contributed by atoms with E-state index in [1.54, 1.807) is 12.4 Å². The van der Waals surface area contributed by atoms with E-state index in [9.17, 15) is 4.79 Å². The highest BCUT2D eigenvalue weighted by atomic mass is 16.4. The Kier molecular flexibility index (Phi) is 5.43. The number of carbonyl (C=O) groups is 1. The van der Waals surface area contributed by atoms with E-state index in [1.165, 1.54) is 23.4 Å². The topological polar surface area (TPSA) is 71.2 Å². The summed E-state index contributed by atoms with van der Waals surface area (Å²) in [4.78, 5) is 21.9. The number of imidazole rings is 1. The Balaban J connectivity index is 1.59. The summed E-state index contributed by atoms with van der Waals surface area (Å²) in [6, 6.07) is 11.6. The molecule has 134 valence electrons. The highest BCUT2D eigenvalue weighted by Crippen LogP contribution is 2.15. The lowest BCUT2D eigenvalue weighted by atomic mass is 10.1. The average molecular weight is 350 g/mol.